The van der Waals surface area contributed by atoms with Gasteiger partial charge in [0.1, 0.15) is 31.0 Å². The van der Waals surface area contributed by atoms with Crippen LogP contribution in [-0.4, -0.2) is 73.7 Å². The Hall–Kier alpha value is -3.64. The number of hydrogen-bond acceptors (Lipinski definition) is 10. The van der Waals surface area contributed by atoms with Crippen LogP contribution in [0.4, 0.5) is 0 Å². The van der Waals surface area contributed by atoms with Crippen LogP contribution in [0.1, 0.15) is 210 Å². The van der Waals surface area contributed by atoms with E-state index in [0.717, 1.165) is 55.2 Å². The van der Waals surface area contributed by atoms with E-state index in [1.54, 1.807) is 0 Å². The number of carbonyl (C=O) groups excluding carboxylic acids is 2. The number of aliphatic hydroxyl groups is 1. The molecule has 0 aromatic heterocycles. The van der Waals surface area contributed by atoms with Gasteiger partial charge in [-0.15, -0.1) is 0 Å². The van der Waals surface area contributed by atoms with Gasteiger partial charge in [0.2, 0.25) is 0 Å². The van der Waals surface area contributed by atoms with Gasteiger partial charge in [0.05, 0.1) is 33.0 Å². The summed E-state index contributed by atoms with van der Waals surface area (Å²) < 4.78 is 44.9. The van der Waals surface area contributed by atoms with Gasteiger partial charge in [0.25, 0.3) is 0 Å². The van der Waals surface area contributed by atoms with Crippen molar-refractivity contribution in [2.45, 2.75) is 250 Å². The van der Waals surface area contributed by atoms with Crippen molar-refractivity contribution in [2.75, 3.05) is 19.8 Å². The smallest absolute Gasteiger partial charge is 0.306 e. The maximum Gasteiger partial charge on any atom is 0.306 e. The van der Waals surface area contributed by atoms with Crippen molar-refractivity contribution in [3.05, 3.63) is 108 Å². The van der Waals surface area contributed by atoms with Crippen LogP contribution in [0.3, 0.4) is 0 Å². The van der Waals surface area contributed by atoms with Gasteiger partial charge in [0.15, 0.2) is 12.4 Å². The summed E-state index contributed by atoms with van der Waals surface area (Å²) in [5, 5.41) is 10.8. The summed E-state index contributed by atoms with van der Waals surface area (Å²) in [5.41, 5.74) is 2.87. The van der Waals surface area contributed by atoms with E-state index in [0.29, 0.717) is 6.42 Å². The molecule has 0 bridgehead atoms. The lowest BCUT2D eigenvalue weighted by Crippen LogP contribution is -2.62. The number of hydrogen-bond donors (Lipinski definition) is 1. The molecule has 0 spiro atoms. The highest BCUT2D eigenvalue weighted by Gasteiger charge is 2.49. The third-order valence-electron chi connectivity index (χ3n) is 13.8. The Morgan fingerprint density at radius 3 is 1.21 bits per heavy atom. The van der Waals surface area contributed by atoms with Gasteiger partial charge in [-0.05, 0) is 29.5 Å². The van der Waals surface area contributed by atoms with Crippen molar-refractivity contribution in [3.8, 4) is 0 Å². The van der Waals surface area contributed by atoms with Gasteiger partial charge < -0.3 is 38.3 Å². The number of carbonyl (C=O) groups is 2. The quantitative estimate of drug-likeness (QED) is 0.0433. The first kappa shape index (κ1) is 60.9. The van der Waals surface area contributed by atoms with E-state index in [2.05, 4.69) is 13.8 Å². The van der Waals surface area contributed by atoms with Crippen LogP contribution in [0.15, 0.2) is 91.0 Å². The minimum absolute atomic E-state index is 0.134. The van der Waals surface area contributed by atoms with Gasteiger partial charge in [-0.25, -0.2) is 0 Å². The SMILES string of the molecule is CCCCCCCCCCCCCCCC(=O)OC[C@H](CO[C@H]1O[C@H](CO)[C@@H](OCc2ccccc2)[C@H](OCc2ccccc2)[C@H]1OCc1ccccc1)OC(=O)CCCCCCCCCCCCCCC. The fraction of sp³-hybridized carbons (Fsp3) is 0.677. The van der Waals surface area contributed by atoms with Crippen molar-refractivity contribution in [2.24, 2.45) is 0 Å². The molecule has 10 heteroatoms. The van der Waals surface area contributed by atoms with E-state index in [1.807, 2.05) is 91.0 Å². The molecule has 1 aliphatic heterocycles. The average molecular weight is 1000 g/mol. The number of rotatable bonds is 44. The normalized spacial score (nSPS) is 18.2. The molecule has 1 fully saturated rings. The zero-order valence-corrected chi connectivity index (χ0v) is 44.8. The van der Waals surface area contributed by atoms with E-state index in [9.17, 15) is 14.7 Å². The Balaban J connectivity index is 1.37. The highest BCUT2D eigenvalue weighted by Crippen LogP contribution is 2.31. The molecule has 0 amide bonds. The monoisotopic (exact) mass is 1000 g/mol. The molecule has 6 atom stereocenters. The third-order valence-corrected chi connectivity index (χ3v) is 13.8. The molecule has 1 saturated heterocycles. The zero-order valence-electron chi connectivity index (χ0n) is 44.8. The maximum atomic E-state index is 13.4. The Labute approximate surface area is 436 Å². The van der Waals surface area contributed by atoms with E-state index < -0.39 is 36.8 Å². The predicted molar refractivity (Wildman–Crippen MR) is 288 cm³/mol. The summed E-state index contributed by atoms with van der Waals surface area (Å²) in [7, 11) is 0. The molecular formula is C62H96O10. The standard InChI is InChI=1S/C62H96O10/c1-3-5-7-9-11-13-15-17-19-21-23-25-36-44-57(64)66-50-55(71-58(65)45-37-26-24-22-20-18-16-14-12-10-8-6-4-2)51-70-62-61(69-49-54-42-34-29-35-43-54)60(68-48-53-40-32-28-33-41-53)59(56(46-63)72-62)67-47-52-38-30-27-31-39-52/h27-35,38-43,55-56,59-63H,3-26,36-37,44-51H2,1-2H3/t55-,56-,59-,60+,61-,62+/m1/s1. The Kier molecular flexibility index (Phi) is 34.4. The molecule has 0 aliphatic carbocycles. The van der Waals surface area contributed by atoms with Crippen molar-refractivity contribution in [3.63, 3.8) is 0 Å². The molecule has 72 heavy (non-hydrogen) atoms. The van der Waals surface area contributed by atoms with Crippen LogP contribution >= 0.6 is 0 Å². The first-order valence-electron chi connectivity index (χ1n) is 28.7. The summed E-state index contributed by atoms with van der Waals surface area (Å²) in [6, 6.07) is 29.5. The summed E-state index contributed by atoms with van der Waals surface area (Å²) in [6.07, 6.45) is 27.2. The van der Waals surface area contributed by atoms with Crippen molar-refractivity contribution < 1.29 is 47.9 Å². The average Bonchev–Trinajstić information content (AvgIpc) is 3.41. The second kappa shape index (κ2) is 40.7. The third kappa shape index (κ3) is 27.6. The summed E-state index contributed by atoms with van der Waals surface area (Å²) in [6.45, 7) is 4.60. The molecule has 0 unspecified atom stereocenters. The van der Waals surface area contributed by atoms with E-state index in [-0.39, 0.29) is 58.0 Å². The zero-order chi connectivity index (χ0) is 50.9. The second-order valence-electron chi connectivity index (χ2n) is 20.1. The van der Waals surface area contributed by atoms with Gasteiger partial charge in [-0.2, -0.15) is 0 Å². The van der Waals surface area contributed by atoms with Gasteiger partial charge in [-0.1, -0.05) is 259 Å². The van der Waals surface area contributed by atoms with Gasteiger partial charge >= 0.3 is 11.9 Å². The van der Waals surface area contributed by atoms with Gasteiger partial charge in [0, 0.05) is 12.8 Å². The summed E-state index contributed by atoms with van der Waals surface area (Å²) >= 11 is 0. The van der Waals surface area contributed by atoms with Crippen LogP contribution in [0.5, 0.6) is 0 Å². The molecule has 4 rings (SSSR count). The molecule has 3 aromatic rings. The molecule has 1 N–H and O–H groups in total. The van der Waals surface area contributed by atoms with E-state index in [4.69, 9.17) is 33.2 Å². The molecule has 1 heterocycles. The molecule has 0 saturated carbocycles. The lowest BCUT2D eigenvalue weighted by molar-refractivity contribution is -0.329. The minimum Gasteiger partial charge on any atom is -0.462 e. The first-order chi connectivity index (χ1) is 35.5. The number of unbranched alkanes of at least 4 members (excludes halogenated alkanes) is 24. The highest BCUT2D eigenvalue weighted by molar-refractivity contribution is 5.70. The molecular weight excluding hydrogens is 905 g/mol. The topological polar surface area (TPSA) is 119 Å². The number of esters is 2. The second-order valence-corrected chi connectivity index (χ2v) is 20.1. The molecule has 1 aliphatic rings. The summed E-state index contributed by atoms with van der Waals surface area (Å²) in [5.74, 6) is -0.672. The van der Waals surface area contributed by atoms with Crippen LogP contribution in [0.2, 0.25) is 0 Å². The molecule has 0 radical (unpaired) electrons. The van der Waals surface area contributed by atoms with Crippen molar-refractivity contribution in [1.29, 1.82) is 0 Å². The maximum absolute atomic E-state index is 13.4. The molecule has 3 aromatic carbocycles. The van der Waals surface area contributed by atoms with E-state index in [1.165, 1.54) is 128 Å². The Morgan fingerprint density at radius 1 is 0.444 bits per heavy atom. The number of ether oxygens (including phenoxy) is 7. The fourth-order valence-corrected chi connectivity index (χ4v) is 9.42. The van der Waals surface area contributed by atoms with Gasteiger partial charge in [-0.3, -0.25) is 9.59 Å². The summed E-state index contributed by atoms with van der Waals surface area (Å²) in [4.78, 5) is 26.6. The lowest BCUT2D eigenvalue weighted by Gasteiger charge is -2.45. The van der Waals surface area contributed by atoms with Crippen LogP contribution < -0.4 is 0 Å². The van der Waals surface area contributed by atoms with Crippen LogP contribution in [-0.2, 0) is 62.6 Å². The van der Waals surface area contributed by atoms with Crippen molar-refractivity contribution in [1.82, 2.24) is 0 Å². The lowest BCUT2D eigenvalue weighted by atomic mass is 9.98. The largest absolute Gasteiger partial charge is 0.462 e. The highest BCUT2D eigenvalue weighted by atomic mass is 16.7. The minimum atomic E-state index is -1.06. The molecule has 10 nitrogen and oxygen atoms in total. The van der Waals surface area contributed by atoms with Crippen LogP contribution in [0.25, 0.3) is 0 Å². The fourth-order valence-electron chi connectivity index (χ4n) is 9.42. The van der Waals surface area contributed by atoms with Crippen LogP contribution in [0, 0.1) is 0 Å². The predicted octanol–water partition coefficient (Wildman–Crippen LogP) is 14.9. The Morgan fingerprint density at radius 2 is 0.806 bits per heavy atom. The first-order valence-corrected chi connectivity index (χ1v) is 28.7. The Bertz CT molecular complexity index is 1730. The number of aliphatic hydroxyl groups excluding tert-OH is 1. The van der Waals surface area contributed by atoms with Crippen molar-refractivity contribution >= 4 is 11.9 Å². The molecule has 404 valence electrons. The number of benzene rings is 3. The van der Waals surface area contributed by atoms with E-state index >= 15 is 0 Å².